The summed E-state index contributed by atoms with van der Waals surface area (Å²) in [5, 5.41) is 0. The molecule has 2 aliphatic rings. The zero-order valence-electron chi connectivity index (χ0n) is 8.33. The number of benzene rings is 1. The molecule has 5 heteroatoms. The molecule has 2 aliphatic heterocycles. The molecular weight excluding hydrogens is 206 g/mol. The lowest BCUT2D eigenvalue weighted by atomic mass is 9.90. The van der Waals surface area contributed by atoms with E-state index in [1.807, 2.05) is 24.3 Å². The van der Waals surface area contributed by atoms with Gasteiger partial charge in [0, 0.05) is 5.56 Å². The summed E-state index contributed by atoms with van der Waals surface area (Å²) in [5.74, 6) is -0.351. The van der Waals surface area contributed by atoms with E-state index in [0.717, 1.165) is 5.56 Å². The van der Waals surface area contributed by atoms with E-state index in [1.54, 1.807) is 0 Å². The Balaban J connectivity index is 2.19. The highest BCUT2D eigenvalue weighted by Crippen LogP contribution is 2.33. The first-order chi connectivity index (χ1) is 7.77. The lowest BCUT2D eigenvalue weighted by molar-refractivity contribution is -0.122. The van der Waals surface area contributed by atoms with Crippen molar-refractivity contribution in [3.05, 3.63) is 29.8 Å². The monoisotopic (exact) mass is 215 g/mol. The van der Waals surface area contributed by atoms with Gasteiger partial charge in [-0.05, 0) is 12.1 Å². The van der Waals surface area contributed by atoms with Crippen LogP contribution in [-0.4, -0.2) is 24.2 Å². The third kappa shape index (κ3) is 1.14. The van der Waals surface area contributed by atoms with E-state index in [0.29, 0.717) is 11.5 Å². The zero-order valence-corrected chi connectivity index (χ0v) is 8.33. The van der Waals surface area contributed by atoms with Gasteiger partial charge in [-0.1, -0.05) is 12.1 Å². The van der Waals surface area contributed by atoms with E-state index in [1.165, 1.54) is 6.34 Å². The maximum Gasteiger partial charge on any atom is 0.232 e. The van der Waals surface area contributed by atoms with E-state index in [4.69, 9.17) is 10.5 Å². The molecule has 1 aromatic rings. The van der Waals surface area contributed by atoms with Crippen LogP contribution < -0.4 is 10.5 Å². The summed E-state index contributed by atoms with van der Waals surface area (Å²) in [6, 6.07) is 7.42. The number of rotatable bonds is 1. The number of primary amides is 1. The molecule has 2 heterocycles. The molecule has 0 aliphatic carbocycles. The smallest absolute Gasteiger partial charge is 0.232 e. The first-order valence-electron chi connectivity index (χ1n) is 4.92. The number of nitrogens with zero attached hydrogens (tertiary/aromatic N) is 2. The predicted octanol–water partition coefficient (Wildman–Crippen LogP) is 0.338. The molecule has 0 aromatic heterocycles. The molecule has 80 valence electrons. The van der Waals surface area contributed by atoms with Crippen molar-refractivity contribution in [3.63, 3.8) is 0 Å². The summed E-state index contributed by atoms with van der Waals surface area (Å²) in [5.41, 5.74) is 6.80. The Hall–Kier alpha value is -2.17. The van der Waals surface area contributed by atoms with E-state index < -0.39 is 18.1 Å². The average Bonchev–Trinajstić information content (AvgIpc) is 2.28. The third-order valence-electron chi connectivity index (χ3n) is 2.71. The van der Waals surface area contributed by atoms with Gasteiger partial charge in [0.05, 0.1) is 5.71 Å². The molecule has 2 atom stereocenters. The number of nitrogens with two attached hydrogens (primary N) is 1. The standard InChI is InChI=1S/C11H9N3O2/c12-10(15)8-9-6-3-1-2-4-7(6)16-11(8)14-5-13-9/h1-5,8,11H,(H2,12,15). The van der Waals surface area contributed by atoms with Crippen molar-refractivity contribution in [1.29, 1.82) is 0 Å². The highest BCUT2D eigenvalue weighted by molar-refractivity contribution is 6.18. The SMILES string of the molecule is NC(=O)C1C2=NC=NC1Oc1ccccc12. The predicted molar refractivity (Wildman–Crippen MR) is 58.6 cm³/mol. The molecule has 1 amide bonds. The van der Waals surface area contributed by atoms with Crippen molar-refractivity contribution in [3.8, 4) is 5.75 Å². The van der Waals surface area contributed by atoms with Crippen LogP contribution in [0.4, 0.5) is 0 Å². The Morgan fingerprint density at radius 3 is 3.00 bits per heavy atom. The highest BCUT2D eigenvalue weighted by Gasteiger charge is 2.40. The summed E-state index contributed by atoms with van der Waals surface area (Å²) in [4.78, 5) is 19.5. The van der Waals surface area contributed by atoms with E-state index in [2.05, 4.69) is 9.98 Å². The van der Waals surface area contributed by atoms with E-state index in [9.17, 15) is 4.79 Å². The maximum atomic E-state index is 11.4. The molecule has 16 heavy (non-hydrogen) atoms. The second kappa shape index (κ2) is 3.16. The molecule has 2 N–H and O–H groups in total. The normalized spacial score (nSPS) is 25.4. The molecule has 1 aromatic carbocycles. The Labute approximate surface area is 91.7 Å². The molecule has 3 rings (SSSR count). The number of carbonyl (C=O) groups is 1. The van der Waals surface area contributed by atoms with Crippen molar-refractivity contribution in [2.45, 2.75) is 6.23 Å². The Morgan fingerprint density at radius 2 is 2.19 bits per heavy atom. The molecule has 0 saturated heterocycles. The third-order valence-corrected chi connectivity index (χ3v) is 2.71. The lowest BCUT2D eigenvalue weighted by Gasteiger charge is -2.31. The Morgan fingerprint density at radius 1 is 1.38 bits per heavy atom. The lowest BCUT2D eigenvalue weighted by Crippen LogP contribution is -2.46. The van der Waals surface area contributed by atoms with Crippen LogP contribution in [0.1, 0.15) is 5.56 Å². The molecule has 0 fully saturated rings. The van der Waals surface area contributed by atoms with Gasteiger partial charge in [-0.3, -0.25) is 4.79 Å². The van der Waals surface area contributed by atoms with Gasteiger partial charge in [-0.2, -0.15) is 0 Å². The van der Waals surface area contributed by atoms with Crippen LogP contribution in [0.3, 0.4) is 0 Å². The largest absolute Gasteiger partial charge is 0.467 e. The summed E-state index contributed by atoms with van der Waals surface area (Å²) in [6.07, 6.45) is 0.843. The van der Waals surface area contributed by atoms with Gasteiger partial charge in [-0.15, -0.1) is 0 Å². The first-order valence-corrected chi connectivity index (χ1v) is 4.92. The zero-order chi connectivity index (χ0) is 11.1. The fourth-order valence-corrected chi connectivity index (χ4v) is 1.98. The summed E-state index contributed by atoms with van der Waals surface area (Å²) in [6.45, 7) is 0. The van der Waals surface area contributed by atoms with Gasteiger partial charge in [0.2, 0.25) is 12.1 Å². The van der Waals surface area contributed by atoms with Crippen molar-refractivity contribution >= 4 is 18.0 Å². The van der Waals surface area contributed by atoms with Crippen molar-refractivity contribution in [1.82, 2.24) is 0 Å². The van der Waals surface area contributed by atoms with Gasteiger partial charge in [0.25, 0.3) is 0 Å². The van der Waals surface area contributed by atoms with Crippen LogP contribution in [0.25, 0.3) is 0 Å². The van der Waals surface area contributed by atoms with Crippen LogP contribution in [0.2, 0.25) is 0 Å². The molecular formula is C11H9N3O2. The first kappa shape index (κ1) is 9.08. The number of hydrogen-bond acceptors (Lipinski definition) is 4. The number of amides is 1. The maximum absolute atomic E-state index is 11.4. The topological polar surface area (TPSA) is 77.0 Å². The molecule has 0 spiro atoms. The number of carbonyl (C=O) groups excluding carboxylic acids is 1. The van der Waals surface area contributed by atoms with Gasteiger partial charge >= 0.3 is 0 Å². The van der Waals surface area contributed by atoms with E-state index >= 15 is 0 Å². The minimum absolute atomic E-state index is 0.463. The highest BCUT2D eigenvalue weighted by atomic mass is 16.5. The number of para-hydroxylation sites is 1. The fourth-order valence-electron chi connectivity index (χ4n) is 1.98. The minimum Gasteiger partial charge on any atom is -0.467 e. The van der Waals surface area contributed by atoms with Gasteiger partial charge in [0.15, 0.2) is 0 Å². The molecule has 2 bridgehead atoms. The number of fused-ring (bicyclic) bond motifs is 4. The fraction of sp³-hybridized carbons (Fsp3) is 0.182. The second-order valence-electron chi connectivity index (χ2n) is 3.66. The molecule has 2 unspecified atom stereocenters. The molecule has 0 radical (unpaired) electrons. The molecule has 0 saturated carbocycles. The van der Waals surface area contributed by atoms with Crippen molar-refractivity contribution < 1.29 is 9.53 Å². The number of aliphatic imine (C=N–C) groups is 2. The van der Waals surface area contributed by atoms with Gasteiger partial charge in [0.1, 0.15) is 18.0 Å². The van der Waals surface area contributed by atoms with E-state index in [-0.39, 0.29) is 0 Å². The number of ether oxygens (including phenoxy) is 1. The van der Waals surface area contributed by atoms with Crippen LogP contribution in [0.5, 0.6) is 5.75 Å². The Kier molecular flexibility index (Phi) is 1.80. The summed E-state index contributed by atoms with van der Waals surface area (Å²) in [7, 11) is 0. The van der Waals surface area contributed by atoms with Crippen LogP contribution in [-0.2, 0) is 4.79 Å². The number of hydrogen-bond donors (Lipinski definition) is 1. The molecule has 5 nitrogen and oxygen atoms in total. The second-order valence-corrected chi connectivity index (χ2v) is 3.66. The summed E-state index contributed by atoms with van der Waals surface area (Å²) < 4.78 is 5.60. The minimum atomic E-state index is -0.583. The van der Waals surface area contributed by atoms with Crippen LogP contribution >= 0.6 is 0 Å². The van der Waals surface area contributed by atoms with Crippen molar-refractivity contribution in [2.24, 2.45) is 21.6 Å². The van der Waals surface area contributed by atoms with Gasteiger partial charge in [-0.25, -0.2) is 9.98 Å². The quantitative estimate of drug-likeness (QED) is 0.733. The van der Waals surface area contributed by atoms with Gasteiger partial charge < -0.3 is 10.5 Å². The van der Waals surface area contributed by atoms with Crippen LogP contribution in [0.15, 0.2) is 34.3 Å². The summed E-state index contributed by atoms with van der Waals surface area (Å²) >= 11 is 0. The van der Waals surface area contributed by atoms with Crippen molar-refractivity contribution in [2.75, 3.05) is 0 Å². The van der Waals surface area contributed by atoms with Crippen LogP contribution in [0, 0.1) is 5.92 Å². The Bertz CT molecular complexity index is 522. The average molecular weight is 215 g/mol.